The molecule has 0 radical (unpaired) electrons. The molecule has 2 aromatic rings. The van der Waals surface area contributed by atoms with E-state index in [1.54, 1.807) is 30.3 Å². The van der Waals surface area contributed by atoms with E-state index in [4.69, 9.17) is 17.3 Å². The van der Waals surface area contributed by atoms with E-state index >= 15 is 0 Å². The van der Waals surface area contributed by atoms with E-state index in [2.05, 4.69) is 10.6 Å². The second kappa shape index (κ2) is 7.61. The van der Waals surface area contributed by atoms with E-state index < -0.39 is 11.8 Å². The van der Waals surface area contributed by atoms with Crippen molar-refractivity contribution in [3.8, 4) is 0 Å². The minimum absolute atomic E-state index is 0.231. The van der Waals surface area contributed by atoms with Crippen molar-refractivity contribution in [2.24, 2.45) is 5.73 Å². The van der Waals surface area contributed by atoms with Gasteiger partial charge in [0.25, 0.3) is 11.8 Å². The van der Waals surface area contributed by atoms with Gasteiger partial charge in [-0.2, -0.15) is 0 Å². The van der Waals surface area contributed by atoms with Gasteiger partial charge in [-0.25, -0.2) is 0 Å². The third kappa shape index (κ3) is 4.57. The number of rotatable bonds is 5. The molecule has 24 heavy (non-hydrogen) atoms. The van der Waals surface area contributed by atoms with E-state index in [0.29, 0.717) is 21.8 Å². The number of hydrogen-bond acceptors (Lipinski definition) is 3. The Labute approximate surface area is 144 Å². The lowest BCUT2D eigenvalue weighted by atomic mass is 10.1. The number of aryl methyl sites for hydroxylation is 1. The molecule has 0 saturated carbocycles. The predicted octanol–water partition coefficient (Wildman–Crippen LogP) is 2.12. The lowest BCUT2D eigenvalue weighted by Crippen LogP contribution is -2.33. The van der Waals surface area contributed by atoms with Crippen LogP contribution in [0.15, 0.2) is 42.5 Å². The first-order chi connectivity index (χ1) is 11.4. The molecule has 0 spiro atoms. The van der Waals surface area contributed by atoms with Crippen molar-refractivity contribution in [1.29, 1.82) is 0 Å². The molecule has 0 aliphatic heterocycles. The van der Waals surface area contributed by atoms with Crippen molar-refractivity contribution < 1.29 is 14.4 Å². The van der Waals surface area contributed by atoms with Crippen LogP contribution in [0.4, 0.5) is 5.69 Å². The normalized spacial score (nSPS) is 10.1. The largest absolute Gasteiger partial charge is 0.368 e. The molecule has 6 nitrogen and oxygen atoms in total. The number of nitrogens with two attached hydrogens (primary N) is 1. The quantitative estimate of drug-likeness (QED) is 0.773. The Morgan fingerprint density at radius 1 is 1.00 bits per heavy atom. The average Bonchev–Trinajstić information content (AvgIpc) is 2.55. The molecular weight excluding hydrogens is 330 g/mol. The third-order valence-electron chi connectivity index (χ3n) is 3.26. The van der Waals surface area contributed by atoms with E-state index in [9.17, 15) is 14.4 Å². The number of nitrogens with one attached hydrogen (secondary N) is 2. The summed E-state index contributed by atoms with van der Waals surface area (Å²) in [6.07, 6.45) is 0. The molecule has 0 aromatic heterocycles. The van der Waals surface area contributed by atoms with Gasteiger partial charge in [0.1, 0.15) is 0 Å². The Morgan fingerprint density at radius 2 is 1.62 bits per heavy atom. The summed E-state index contributed by atoms with van der Waals surface area (Å²) in [6, 6.07) is 11.3. The number of carbonyl (C=O) groups is 3. The number of anilines is 1. The first-order valence-corrected chi connectivity index (χ1v) is 7.48. The van der Waals surface area contributed by atoms with Gasteiger partial charge < -0.3 is 16.4 Å². The Balaban J connectivity index is 2.03. The number of halogens is 1. The van der Waals surface area contributed by atoms with Crippen molar-refractivity contribution >= 4 is 35.0 Å². The maximum Gasteiger partial charge on any atom is 0.255 e. The molecule has 4 N–H and O–H groups in total. The Kier molecular flexibility index (Phi) is 5.55. The minimum Gasteiger partial charge on any atom is -0.368 e. The summed E-state index contributed by atoms with van der Waals surface area (Å²) in [7, 11) is 0. The second-order valence-corrected chi connectivity index (χ2v) is 5.55. The smallest absolute Gasteiger partial charge is 0.255 e. The van der Waals surface area contributed by atoms with Crippen molar-refractivity contribution in [3.63, 3.8) is 0 Å². The van der Waals surface area contributed by atoms with E-state index in [1.165, 1.54) is 12.1 Å². The van der Waals surface area contributed by atoms with Gasteiger partial charge in [0.15, 0.2) is 0 Å². The van der Waals surface area contributed by atoms with Gasteiger partial charge >= 0.3 is 0 Å². The molecule has 0 aliphatic rings. The third-order valence-corrected chi connectivity index (χ3v) is 3.67. The van der Waals surface area contributed by atoms with Gasteiger partial charge in [-0.15, -0.1) is 0 Å². The molecule has 0 unspecified atom stereocenters. The molecule has 0 bridgehead atoms. The second-order valence-electron chi connectivity index (χ2n) is 5.14. The van der Waals surface area contributed by atoms with Crippen LogP contribution in [0.25, 0.3) is 0 Å². The van der Waals surface area contributed by atoms with Gasteiger partial charge in [0.05, 0.1) is 6.54 Å². The number of carbonyl (C=O) groups excluding carboxylic acids is 3. The highest BCUT2D eigenvalue weighted by Gasteiger charge is 2.09. The van der Waals surface area contributed by atoms with Crippen LogP contribution in [0.2, 0.25) is 5.02 Å². The highest BCUT2D eigenvalue weighted by atomic mass is 35.5. The molecule has 2 rings (SSSR count). The number of primary amides is 1. The Hall–Kier alpha value is -2.86. The van der Waals surface area contributed by atoms with Gasteiger partial charge in [0.2, 0.25) is 5.91 Å². The van der Waals surface area contributed by atoms with E-state index in [0.717, 1.165) is 5.56 Å². The molecule has 2 aromatic carbocycles. The first kappa shape index (κ1) is 17.5. The molecule has 3 amide bonds. The van der Waals surface area contributed by atoms with Crippen LogP contribution in [0.5, 0.6) is 0 Å². The molecule has 0 atom stereocenters. The zero-order valence-electron chi connectivity index (χ0n) is 12.9. The van der Waals surface area contributed by atoms with Crippen LogP contribution in [0, 0.1) is 6.92 Å². The minimum atomic E-state index is -0.621. The van der Waals surface area contributed by atoms with Crippen molar-refractivity contribution in [1.82, 2.24) is 5.32 Å². The maximum atomic E-state index is 12.2. The van der Waals surface area contributed by atoms with Gasteiger partial charge in [-0.3, -0.25) is 14.4 Å². The van der Waals surface area contributed by atoms with Crippen LogP contribution >= 0.6 is 11.6 Å². The standard InChI is InChI=1S/C17H16ClN3O3/c1-10-2-3-12(8-14(10)18)17(24)21-13-6-4-11(5-7-13)16(23)20-9-15(19)22/h2-8H,9H2,1H3,(H2,19,22)(H,20,23)(H,21,24). The Bertz CT molecular complexity index is 788. The van der Waals surface area contributed by atoms with Gasteiger partial charge in [-0.1, -0.05) is 17.7 Å². The summed E-state index contributed by atoms with van der Waals surface area (Å²) in [6.45, 7) is 1.62. The Morgan fingerprint density at radius 3 is 2.21 bits per heavy atom. The molecule has 124 valence electrons. The summed E-state index contributed by atoms with van der Waals surface area (Å²) >= 11 is 6.01. The molecule has 7 heteroatoms. The van der Waals surface area contributed by atoms with E-state index in [-0.39, 0.29) is 12.5 Å². The molecular formula is C17H16ClN3O3. The van der Waals surface area contributed by atoms with Crippen LogP contribution in [-0.2, 0) is 4.79 Å². The monoisotopic (exact) mass is 345 g/mol. The molecule has 0 heterocycles. The van der Waals surface area contributed by atoms with Gasteiger partial charge in [0, 0.05) is 21.8 Å². The fourth-order valence-corrected chi connectivity index (χ4v) is 2.09. The van der Waals surface area contributed by atoms with Gasteiger partial charge in [-0.05, 0) is 48.9 Å². The van der Waals surface area contributed by atoms with Crippen molar-refractivity contribution in [2.45, 2.75) is 6.92 Å². The van der Waals surface area contributed by atoms with Crippen LogP contribution in [0.3, 0.4) is 0 Å². The lowest BCUT2D eigenvalue weighted by Gasteiger charge is -2.08. The summed E-state index contributed by atoms with van der Waals surface area (Å²) in [5.74, 6) is -1.34. The fourth-order valence-electron chi connectivity index (χ4n) is 1.91. The van der Waals surface area contributed by atoms with Crippen molar-refractivity contribution in [2.75, 3.05) is 11.9 Å². The topological polar surface area (TPSA) is 101 Å². The first-order valence-electron chi connectivity index (χ1n) is 7.11. The lowest BCUT2D eigenvalue weighted by molar-refractivity contribution is -0.117. The SMILES string of the molecule is Cc1ccc(C(=O)Nc2ccc(C(=O)NCC(N)=O)cc2)cc1Cl. The maximum absolute atomic E-state index is 12.2. The van der Waals surface area contributed by atoms with Crippen LogP contribution in [-0.4, -0.2) is 24.3 Å². The average molecular weight is 346 g/mol. The van der Waals surface area contributed by atoms with Crippen LogP contribution in [0.1, 0.15) is 26.3 Å². The number of amides is 3. The highest BCUT2D eigenvalue weighted by Crippen LogP contribution is 2.18. The van der Waals surface area contributed by atoms with Crippen molar-refractivity contribution in [3.05, 3.63) is 64.2 Å². The molecule has 0 fully saturated rings. The van der Waals surface area contributed by atoms with E-state index in [1.807, 2.05) is 6.92 Å². The molecule has 0 saturated heterocycles. The number of hydrogen-bond donors (Lipinski definition) is 3. The summed E-state index contributed by atoms with van der Waals surface area (Å²) in [4.78, 5) is 34.6. The fraction of sp³-hybridized carbons (Fsp3) is 0.118. The van der Waals surface area contributed by atoms with Crippen LogP contribution < -0.4 is 16.4 Å². The summed E-state index contributed by atoms with van der Waals surface area (Å²) < 4.78 is 0. The predicted molar refractivity (Wildman–Crippen MR) is 92.1 cm³/mol. The summed E-state index contributed by atoms with van der Waals surface area (Å²) in [5.41, 5.74) is 7.17. The summed E-state index contributed by atoms with van der Waals surface area (Å²) in [5, 5.41) is 5.62. The molecule has 0 aliphatic carbocycles. The number of benzene rings is 2. The highest BCUT2D eigenvalue weighted by molar-refractivity contribution is 6.31. The zero-order chi connectivity index (χ0) is 17.7. The zero-order valence-corrected chi connectivity index (χ0v) is 13.7.